The van der Waals surface area contributed by atoms with E-state index in [4.69, 9.17) is 4.74 Å². The van der Waals surface area contributed by atoms with Gasteiger partial charge in [0, 0.05) is 48.2 Å². The summed E-state index contributed by atoms with van der Waals surface area (Å²) in [5, 5.41) is 5.00. The highest BCUT2D eigenvalue weighted by atomic mass is 32.2. The number of piperidine rings is 1. The summed E-state index contributed by atoms with van der Waals surface area (Å²) < 4.78 is 29.5. The molecule has 0 atom stereocenters. The standard InChI is InChI=1S/C29H35N3O4S/c33-29(24-10-8-23(9-11-24)22-32-17-20-37(34,35)21-18-32)30-27-12-13-28(26-7-3-2-6-25(26)27)36-19-16-31-14-4-1-5-15-31/h2-3,6-13H,1,4-5,14-22H2,(H,30,33). The van der Waals surface area contributed by atoms with Gasteiger partial charge in [0.15, 0.2) is 9.84 Å². The topological polar surface area (TPSA) is 79.0 Å². The van der Waals surface area contributed by atoms with Gasteiger partial charge in [-0.25, -0.2) is 8.42 Å². The van der Waals surface area contributed by atoms with Crippen LogP contribution in [0.1, 0.15) is 35.2 Å². The normalized spacial score (nSPS) is 18.5. The molecule has 2 aliphatic rings. The van der Waals surface area contributed by atoms with Gasteiger partial charge in [-0.2, -0.15) is 0 Å². The third kappa shape index (κ3) is 6.69. The molecule has 2 aliphatic heterocycles. The lowest BCUT2D eigenvalue weighted by molar-refractivity contribution is 0.102. The molecule has 196 valence electrons. The third-order valence-electron chi connectivity index (χ3n) is 7.31. The van der Waals surface area contributed by atoms with Crippen LogP contribution in [0.3, 0.4) is 0 Å². The molecule has 0 aromatic heterocycles. The fourth-order valence-electron chi connectivity index (χ4n) is 5.10. The number of fused-ring (bicyclic) bond motifs is 1. The summed E-state index contributed by atoms with van der Waals surface area (Å²) in [6.45, 7) is 5.67. The molecule has 3 aromatic rings. The summed E-state index contributed by atoms with van der Waals surface area (Å²) in [7, 11) is -2.89. The van der Waals surface area contributed by atoms with Gasteiger partial charge in [0.2, 0.25) is 0 Å². The second-order valence-electron chi connectivity index (χ2n) is 9.99. The molecular formula is C29H35N3O4S. The Morgan fingerprint density at radius 3 is 2.24 bits per heavy atom. The Morgan fingerprint density at radius 2 is 1.51 bits per heavy atom. The minimum atomic E-state index is -2.89. The Labute approximate surface area is 219 Å². The molecule has 2 fully saturated rings. The lowest BCUT2D eigenvalue weighted by Crippen LogP contribution is -2.39. The molecule has 0 unspecified atom stereocenters. The molecule has 1 amide bonds. The smallest absolute Gasteiger partial charge is 0.255 e. The van der Waals surface area contributed by atoms with Crippen LogP contribution in [0.25, 0.3) is 10.8 Å². The van der Waals surface area contributed by atoms with Crippen molar-refractivity contribution < 1.29 is 17.9 Å². The Morgan fingerprint density at radius 1 is 0.811 bits per heavy atom. The molecule has 0 spiro atoms. The molecule has 7 nitrogen and oxygen atoms in total. The Bertz CT molecular complexity index is 1320. The number of nitrogens with one attached hydrogen (secondary N) is 1. The van der Waals surface area contributed by atoms with Crippen LogP contribution in [0.4, 0.5) is 5.69 Å². The zero-order valence-electron chi connectivity index (χ0n) is 21.2. The number of ether oxygens (including phenoxy) is 1. The van der Waals surface area contributed by atoms with Crippen molar-refractivity contribution in [1.82, 2.24) is 9.80 Å². The van der Waals surface area contributed by atoms with E-state index in [1.807, 2.05) is 60.7 Å². The van der Waals surface area contributed by atoms with E-state index in [9.17, 15) is 13.2 Å². The quantitative estimate of drug-likeness (QED) is 0.479. The molecule has 1 N–H and O–H groups in total. The minimum absolute atomic E-state index is 0.167. The molecule has 3 aromatic carbocycles. The number of likely N-dealkylation sites (tertiary alicyclic amines) is 1. The van der Waals surface area contributed by atoms with Crippen LogP contribution in [0.5, 0.6) is 5.75 Å². The van der Waals surface area contributed by atoms with Gasteiger partial charge in [-0.3, -0.25) is 14.6 Å². The van der Waals surface area contributed by atoms with Crippen LogP contribution in [-0.4, -0.2) is 75.0 Å². The summed E-state index contributed by atoms with van der Waals surface area (Å²) in [5.41, 5.74) is 2.39. The van der Waals surface area contributed by atoms with E-state index in [2.05, 4.69) is 15.1 Å². The number of carbonyl (C=O) groups is 1. The summed E-state index contributed by atoms with van der Waals surface area (Å²) in [6, 6.07) is 19.4. The first-order valence-corrected chi connectivity index (χ1v) is 15.0. The van der Waals surface area contributed by atoms with Crippen molar-refractivity contribution in [2.45, 2.75) is 25.8 Å². The number of hydrogen-bond acceptors (Lipinski definition) is 6. The van der Waals surface area contributed by atoms with Gasteiger partial charge in [-0.05, 0) is 55.8 Å². The first kappa shape index (κ1) is 25.7. The molecule has 0 radical (unpaired) electrons. The molecule has 8 heteroatoms. The average Bonchev–Trinajstić information content (AvgIpc) is 2.92. The zero-order valence-corrected chi connectivity index (χ0v) is 22.0. The Hall–Kier alpha value is -2.94. The van der Waals surface area contributed by atoms with Crippen molar-refractivity contribution in [2.24, 2.45) is 0 Å². The largest absolute Gasteiger partial charge is 0.492 e. The molecule has 0 bridgehead atoms. The van der Waals surface area contributed by atoms with Gasteiger partial charge in [0.05, 0.1) is 11.5 Å². The summed E-state index contributed by atoms with van der Waals surface area (Å²) >= 11 is 0. The van der Waals surface area contributed by atoms with Gasteiger partial charge >= 0.3 is 0 Å². The van der Waals surface area contributed by atoms with E-state index in [1.54, 1.807) is 0 Å². The second kappa shape index (κ2) is 11.6. The number of anilines is 1. The van der Waals surface area contributed by atoms with Gasteiger partial charge < -0.3 is 10.1 Å². The molecule has 37 heavy (non-hydrogen) atoms. The number of amides is 1. The first-order chi connectivity index (χ1) is 18.0. The fourth-order valence-corrected chi connectivity index (χ4v) is 6.37. The van der Waals surface area contributed by atoms with Crippen molar-refractivity contribution in [3.05, 3.63) is 71.8 Å². The lowest BCUT2D eigenvalue weighted by Gasteiger charge is -2.26. The predicted molar refractivity (Wildman–Crippen MR) is 148 cm³/mol. The van der Waals surface area contributed by atoms with Gasteiger partial charge in [-0.1, -0.05) is 42.8 Å². The highest BCUT2D eigenvalue weighted by molar-refractivity contribution is 7.91. The molecule has 2 saturated heterocycles. The van der Waals surface area contributed by atoms with Crippen LogP contribution in [0.15, 0.2) is 60.7 Å². The van der Waals surface area contributed by atoms with E-state index in [1.165, 1.54) is 19.3 Å². The lowest BCUT2D eigenvalue weighted by atomic mass is 10.1. The zero-order chi connectivity index (χ0) is 25.7. The van der Waals surface area contributed by atoms with Gasteiger partial charge in [0.1, 0.15) is 12.4 Å². The highest BCUT2D eigenvalue weighted by Crippen LogP contribution is 2.32. The Kier molecular flexibility index (Phi) is 8.08. The number of hydrogen-bond donors (Lipinski definition) is 1. The maximum Gasteiger partial charge on any atom is 0.255 e. The summed E-state index contributed by atoms with van der Waals surface area (Å²) in [4.78, 5) is 17.6. The molecular weight excluding hydrogens is 486 g/mol. The third-order valence-corrected chi connectivity index (χ3v) is 8.91. The van der Waals surface area contributed by atoms with Crippen molar-refractivity contribution in [1.29, 1.82) is 0 Å². The van der Waals surface area contributed by atoms with Crippen molar-refractivity contribution in [2.75, 3.05) is 56.2 Å². The van der Waals surface area contributed by atoms with Crippen LogP contribution in [0, 0.1) is 0 Å². The number of nitrogens with zero attached hydrogens (tertiary/aromatic N) is 2. The molecule has 0 aliphatic carbocycles. The predicted octanol–water partition coefficient (Wildman–Crippen LogP) is 4.19. The maximum atomic E-state index is 13.0. The minimum Gasteiger partial charge on any atom is -0.492 e. The number of rotatable bonds is 8. The highest BCUT2D eigenvalue weighted by Gasteiger charge is 2.21. The van der Waals surface area contributed by atoms with Crippen LogP contribution in [0.2, 0.25) is 0 Å². The van der Waals surface area contributed by atoms with Gasteiger partial charge in [0.25, 0.3) is 5.91 Å². The maximum absolute atomic E-state index is 13.0. The number of benzene rings is 3. The fraction of sp³-hybridized carbons (Fsp3) is 0.414. The van der Waals surface area contributed by atoms with Gasteiger partial charge in [-0.15, -0.1) is 0 Å². The van der Waals surface area contributed by atoms with Crippen LogP contribution < -0.4 is 10.1 Å². The number of sulfone groups is 1. The van der Waals surface area contributed by atoms with E-state index >= 15 is 0 Å². The first-order valence-electron chi connectivity index (χ1n) is 13.2. The van der Waals surface area contributed by atoms with Crippen LogP contribution >= 0.6 is 0 Å². The summed E-state index contributed by atoms with van der Waals surface area (Å²) in [6.07, 6.45) is 3.86. The molecule has 5 rings (SSSR count). The van der Waals surface area contributed by atoms with Crippen molar-refractivity contribution >= 4 is 32.2 Å². The van der Waals surface area contributed by atoms with Crippen LogP contribution in [-0.2, 0) is 16.4 Å². The molecule has 2 heterocycles. The second-order valence-corrected chi connectivity index (χ2v) is 12.3. The van der Waals surface area contributed by atoms with E-state index < -0.39 is 9.84 Å². The Balaban J connectivity index is 1.21. The monoisotopic (exact) mass is 521 g/mol. The van der Waals surface area contributed by atoms with Crippen molar-refractivity contribution in [3.8, 4) is 5.75 Å². The molecule has 0 saturated carbocycles. The average molecular weight is 522 g/mol. The van der Waals surface area contributed by atoms with E-state index in [-0.39, 0.29) is 17.4 Å². The van der Waals surface area contributed by atoms with E-state index in [0.29, 0.717) is 31.8 Å². The SMILES string of the molecule is O=C(Nc1ccc(OCCN2CCCCC2)c2ccccc12)c1ccc(CN2CCS(=O)(=O)CC2)cc1. The summed E-state index contributed by atoms with van der Waals surface area (Å²) in [5.74, 6) is 1.09. The van der Waals surface area contributed by atoms with Crippen molar-refractivity contribution in [3.63, 3.8) is 0 Å². The van der Waals surface area contributed by atoms with E-state index in [0.717, 1.165) is 47.4 Å². The number of carbonyl (C=O) groups excluding carboxylic acids is 1.